The van der Waals surface area contributed by atoms with E-state index < -0.39 is 0 Å². The second kappa shape index (κ2) is 9.77. The van der Waals surface area contributed by atoms with Crippen LogP contribution in [0.25, 0.3) is 17.0 Å². The van der Waals surface area contributed by atoms with E-state index in [-0.39, 0.29) is 24.3 Å². The SMILES string of the molecule is Cl.NN1CCN(c2cccc(-c3cnc4ccc(N5CCCC5c5cccc(F)c5)nn34)n2)CC1. The summed E-state index contributed by atoms with van der Waals surface area (Å²) in [5.74, 6) is 7.49. The summed E-state index contributed by atoms with van der Waals surface area (Å²) in [4.78, 5) is 14.0. The van der Waals surface area contributed by atoms with Crippen molar-refractivity contribution in [1.82, 2.24) is 24.6 Å². The third-order valence-corrected chi connectivity index (χ3v) is 6.76. The molecule has 0 spiro atoms. The molecule has 0 saturated carbocycles. The van der Waals surface area contributed by atoms with Gasteiger partial charge in [0.1, 0.15) is 23.1 Å². The molecule has 35 heavy (non-hydrogen) atoms. The van der Waals surface area contributed by atoms with Crippen molar-refractivity contribution in [3.05, 3.63) is 72.2 Å². The number of anilines is 2. The Balaban J connectivity index is 0.00000253. The van der Waals surface area contributed by atoms with Crippen LogP contribution in [-0.2, 0) is 0 Å². The van der Waals surface area contributed by atoms with Crippen molar-refractivity contribution < 1.29 is 4.39 Å². The number of hydrogen-bond acceptors (Lipinski definition) is 7. The number of hydrazine groups is 1. The molecular weight excluding hydrogens is 467 g/mol. The van der Waals surface area contributed by atoms with E-state index in [9.17, 15) is 4.39 Å². The molecule has 6 rings (SSSR count). The molecule has 0 amide bonds. The first-order valence-corrected chi connectivity index (χ1v) is 11.7. The second-order valence-corrected chi connectivity index (χ2v) is 8.92. The molecule has 5 heterocycles. The summed E-state index contributed by atoms with van der Waals surface area (Å²) in [6.45, 7) is 4.20. The average molecular weight is 495 g/mol. The summed E-state index contributed by atoms with van der Waals surface area (Å²) < 4.78 is 15.7. The van der Waals surface area contributed by atoms with Crippen LogP contribution in [0.3, 0.4) is 0 Å². The third-order valence-electron chi connectivity index (χ3n) is 6.76. The van der Waals surface area contributed by atoms with Gasteiger partial charge in [-0.1, -0.05) is 18.2 Å². The van der Waals surface area contributed by atoms with Gasteiger partial charge >= 0.3 is 0 Å². The molecular formula is C25H28ClFN8. The molecule has 2 aliphatic rings. The smallest absolute Gasteiger partial charge is 0.154 e. The predicted molar refractivity (Wildman–Crippen MR) is 137 cm³/mol. The highest BCUT2D eigenvalue weighted by Gasteiger charge is 2.28. The standard InChI is InChI=1S/C25H27FN8.ClH/c26-19-5-1-4-18(16-19)21-7-3-11-33(21)25-10-9-23-28-17-22(34(23)30-25)20-6-2-8-24(29-20)31-12-14-32(27)15-13-31;/h1-2,4-6,8-10,16-17,21H,3,7,11-15,27H2;1H. The number of fused-ring (bicyclic) bond motifs is 1. The number of benzene rings is 1. The molecule has 2 fully saturated rings. The van der Waals surface area contributed by atoms with E-state index in [1.807, 2.05) is 52.1 Å². The predicted octanol–water partition coefficient (Wildman–Crippen LogP) is 3.69. The van der Waals surface area contributed by atoms with Gasteiger partial charge in [-0.3, -0.25) is 5.84 Å². The van der Waals surface area contributed by atoms with Gasteiger partial charge in [0.25, 0.3) is 0 Å². The lowest BCUT2D eigenvalue weighted by atomic mass is 10.0. The number of piperazine rings is 1. The molecule has 1 unspecified atom stereocenters. The molecule has 10 heteroatoms. The van der Waals surface area contributed by atoms with Crippen LogP contribution in [0.4, 0.5) is 16.0 Å². The fraction of sp³-hybridized carbons (Fsp3) is 0.320. The van der Waals surface area contributed by atoms with Crippen molar-refractivity contribution in [2.45, 2.75) is 18.9 Å². The highest BCUT2D eigenvalue weighted by atomic mass is 35.5. The number of nitrogens with zero attached hydrogens (tertiary/aromatic N) is 7. The third kappa shape index (κ3) is 4.54. The van der Waals surface area contributed by atoms with Crippen LogP contribution in [-0.4, -0.2) is 57.3 Å². The van der Waals surface area contributed by atoms with Crippen molar-refractivity contribution in [2.75, 3.05) is 42.5 Å². The molecule has 182 valence electrons. The van der Waals surface area contributed by atoms with Gasteiger partial charge in [-0.25, -0.2) is 23.9 Å². The first-order valence-electron chi connectivity index (χ1n) is 11.7. The largest absolute Gasteiger partial charge is 0.354 e. The number of nitrogens with two attached hydrogens (primary N) is 1. The van der Waals surface area contributed by atoms with Gasteiger partial charge in [0.2, 0.25) is 0 Å². The number of halogens is 2. The first-order chi connectivity index (χ1) is 16.7. The van der Waals surface area contributed by atoms with Gasteiger partial charge < -0.3 is 9.80 Å². The number of rotatable bonds is 4. The van der Waals surface area contributed by atoms with E-state index in [0.29, 0.717) is 0 Å². The molecule has 0 aliphatic carbocycles. The Bertz CT molecular complexity index is 1320. The fourth-order valence-corrected chi connectivity index (χ4v) is 4.99. The maximum atomic E-state index is 13.9. The summed E-state index contributed by atoms with van der Waals surface area (Å²) in [6, 6.07) is 17.0. The molecule has 1 aromatic carbocycles. The molecule has 0 radical (unpaired) electrons. The number of aromatic nitrogens is 4. The Morgan fingerprint density at radius 2 is 1.74 bits per heavy atom. The van der Waals surface area contributed by atoms with Gasteiger partial charge in [0.15, 0.2) is 5.65 Å². The van der Waals surface area contributed by atoms with Crippen LogP contribution >= 0.6 is 12.4 Å². The van der Waals surface area contributed by atoms with E-state index in [2.05, 4.69) is 14.8 Å². The second-order valence-electron chi connectivity index (χ2n) is 8.92. The van der Waals surface area contributed by atoms with E-state index >= 15 is 0 Å². The molecule has 2 saturated heterocycles. The van der Waals surface area contributed by atoms with Crippen LogP contribution in [0.2, 0.25) is 0 Å². The lowest BCUT2D eigenvalue weighted by molar-refractivity contribution is 0.265. The van der Waals surface area contributed by atoms with Crippen LogP contribution in [0.5, 0.6) is 0 Å². The average Bonchev–Trinajstić information content (AvgIpc) is 3.52. The lowest BCUT2D eigenvalue weighted by Crippen LogP contribution is -2.49. The molecule has 8 nitrogen and oxygen atoms in total. The van der Waals surface area contributed by atoms with Gasteiger partial charge in [-0.15, -0.1) is 17.5 Å². The Labute approximate surface area is 209 Å². The van der Waals surface area contributed by atoms with Crippen LogP contribution in [0.1, 0.15) is 24.4 Å². The maximum Gasteiger partial charge on any atom is 0.154 e. The molecule has 3 aromatic heterocycles. The van der Waals surface area contributed by atoms with Crippen molar-refractivity contribution >= 4 is 29.7 Å². The van der Waals surface area contributed by atoms with Gasteiger partial charge in [-0.05, 0) is 54.8 Å². The van der Waals surface area contributed by atoms with Gasteiger partial charge in [0, 0.05) is 32.7 Å². The normalized spacial score (nSPS) is 18.7. The minimum absolute atomic E-state index is 0. The Morgan fingerprint density at radius 1 is 0.914 bits per heavy atom. The lowest BCUT2D eigenvalue weighted by Gasteiger charge is -2.32. The summed E-state index contributed by atoms with van der Waals surface area (Å²) in [5.41, 5.74) is 3.42. The van der Waals surface area contributed by atoms with Crippen LogP contribution in [0, 0.1) is 5.82 Å². The van der Waals surface area contributed by atoms with E-state index in [1.165, 1.54) is 6.07 Å². The molecule has 4 aromatic rings. The topological polar surface area (TPSA) is 78.8 Å². The fourth-order valence-electron chi connectivity index (χ4n) is 4.99. The zero-order valence-corrected chi connectivity index (χ0v) is 20.1. The number of hydrogen-bond donors (Lipinski definition) is 1. The zero-order chi connectivity index (χ0) is 23.1. The summed E-state index contributed by atoms with van der Waals surface area (Å²) in [5, 5.41) is 6.79. The van der Waals surface area contributed by atoms with Crippen molar-refractivity contribution in [1.29, 1.82) is 0 Å². The zero-order valence-electron chi connectivity index (χ0n) is 19.3. The first kappa shape index (κ1) is 23.5. The van der Waals surface area contributed by atoms with E-state index in [4.69, 9.17) is 15.9 Å². The monoisotopic (exact) mass is 494 g/mol. The number of pyridine rings is 1. The van der Waals surface area contributed by atoms with Crippen LogP contribution < -0.4 is 15.6 Å². The van der Waals surface area contributed by atoms with Crippen molar-refractivity contribution in [3.63, 3.8) is 0 Å². The summed E-state index contributed by atoms with van der Waals surface area (Å²) >= 11 is 0. The Morgan fingerprint density at radius 3 is 2.57 bits per heavy atom. The van der Waals surface area contributed by atoms with Crippen LogP contribution in [0.15, 0.2) is 60.8 Å². The van der Waals surface area contributed by atoms with E-state index in [0.717, 1.165) is 79.8 Å². The highest BCUT2D eigenvalue weighted by Crippen LogP contribution is 2.35. The molecule has 2 aliphatic heterocycles. The molecule has 2 N–H and O–H groups in total. The Kier molecular flexibility index (Phi) is 6.55. The molecule has 1 atom stereocenters. The maximum absolute atomic E-state index is 13.9. The van der Waals surface area contributed by atoms with Crippen molar-refractivity contribution in [3.8, 4) is 11.4 Å². The summed E-state index contributed by atoms with van der Waals surface area (Å²) in [6.07, 6.45) is 3.83. The van der Waals surface area contributed by atoms with Crippen molar-refractivity contribution in [2.24, 2.45) is 5.84 Å². The minimum Gasteiger partial charge on any atom is -0.354 e. The highest BCUT2D eigenvalue weighted by molar-refractivity contribution is 5.85. The van der Waals surface area contributed by atoms with Gasteiger partial charge in [-0.2, -0.15) is 0 Å². The van der Waals surface area contributed by atoms with E-state index in [1.54, 1.807) is 12.1 Å². The summed E-state index contributed by atoms with van der Waals surface area (Å²) in [7, 11) is 0. The minimum atomic E-state index is -0.205. The van der Waals surface area contributed by atoms with Gasteiger partial charge in [0.05, 0.1) is 17.9 Å². The number of imidazole rings is 1. The quantitative estimate of drug-likeness (QED) is 0.433. The molecule has 0 bridgehead atoms. The Hall–Kier alpha value is -3.27.